The van der Waals surface area contributed by atoms with E-state index in [1.807, 2.05) is 30.3 Å². The molecule has 220 valence electrons. The van der Waals surface area contributed by atoms with Crippen molar-refractivity contribution in [3.05, 3.63) is 142 Å². The van der Waals surface area contributed by atoms with Gasteiger partial charge in [0.1, 0.15) is 23.9 Å². The number of benzene rings is 4. The predicted molar refractivity (Wildman–Crippen MR) is 169 cm³/mol. The lowest BCUT2D eigenvalue weighted by atomic mass is 9.95. The molecule has 0 radical (unpaired) electrons. The highest BCUT2D eigenvalue weighted by Gasteiger charge is 2.48. The van der Waals surface area contributed by atoms with Crippen LogP contribution in [0, 0.1) is 5.82 Å². The largest absolute Gasteiger partial charge is 0.507 e. The van der Waals surface area contributed by atoms with Gasteiger partial charge in [-0.1, -0.05) is 89.3 Å². The molecule has 4 aromatic carbocycles. The normalized spacial score (nSPS) is 16.0. The topological polar surface area (TPSA) is 92.6 Å². The molecule has 1 unspecified atom stereocenters. The first-order valence-corrected chi connectivity index (χ1v) is 15.6. The van der Waals surface area contributed by atoms with Gasteiger partial charge in [-0.15, -0.1) is 10.2 Å². The number of nitrogens with zero attached hydrogens (tertiary/aromatic N) is 3. The van der Waals surface area contributed by atoms with Crippen LogP contribution in [0.3, 0.4) is 0 Å². The summed E-state index contributed by atoms with van der Waals surface area (Å²) in [6, 6.07) is 28.2. The Morgan fingerprint density at radius 3 is 2.43 bits per heavy atom. The van der Waals surface area contributed by atoms with Gasteiger partial charge in [-0.25, -0.2) is 4.39 Å². The molecule has 0 saturated carbocycles. The van der Waals surface area contributed by atoms with Gasteiger partial charge < -0.3 is 9.84 Å². The number of aliphatic hydroxyl groups is 1. The Kier molecular flexibility index (Phi) is 8.74. The highest BCUT2D eigenvalue weighted by molar-refractivity contribution is 8.00. The zero-order chi connectivity index (χ0) is 30.6. The first-order chi connectivity index (χ1) is 21.4. The number of thioether (sulfide) groups is 1. The van der Waals surface area contributed by atoms with Crippen molar-refractivity contribution in [2.24, 2.45) is 0 Å². The lowest BCUT2D eigenvalue weighted by molar-refractivity contribution is -0.132. The number of hydrogen-bond acceptors (Lipinski definition) is 8. The number of carbonyl (C=O) groups is 2. The van der Waals surface area contributed by atoms with Crippen molar-refractivity contribution in [2.45, 2.75) is 22.7 Å². The van der Waals surface area contributed by atoms with E-state index in [0.29, 0.717) is 38.6 Å². The van der Waals surface area contributed by atoms with Crippen LogP contribution in [-0.4, -0.2) is 27.0 Å². The number of anilines is 1. The first-order valence-electron chi connectivity index (χ1n) is 13.4. The molecule has 0 aliphatic carbocycles. The number of carbonyl (C=O) groups excluding carboxylic acids is 2. The number of hydrogen-bond donors (Lipinski definition) is 1. The van der Waals surface area contributed by atoms with Crippen LogP contribution in [0.25, 0.3) is 5.76 Å². The fourth-order valence-corrected chi connectivity index (χ4v) is 6.66. The molecule has 7 nitrogen and oxygen atoms in total. The number of amides is 1. The third-order valence-corrected chi connectivity index (χ3v) is 9.24. The molecule has 6 rings (SSSR count). The lowest BCUT2D eigenvalue weighted by Gasteiger charge is -2.23. The summed E-state index contributed by atoms with van der Waals surface area (Å²) in [5.74, 6) is -1.31. The van der Waals surface area contributed by atoms with E-state index in [0.717, 1.165) is 22.5 Å². The summed E-state index contributed by atoms with van der Waals surface area (Å²) in [7, 11) is 0. The maximum atomic E-state index is 13.6. The zero-order valence-corrected chi connectivity index (χ0v) is 25.3. The van der Waals surface area contributed by atoms with Gasteiger partial charge in [0, 0.05) is 16.3 Å². The highest BCUT2D eigenvalue weighted by Crippen LogP contribution is 2.44. The molecule has 0 bridgehead atoms. The fourth-order valence-electron chi connectivity index (χ4n) is 4.71. The molecule has 1 N–H and O–H groups in total. The van der Waals surface area contributed by atoms with Gasteiger partial charge in [-0.3, -0.25) is 14.5 Å². The summed E-state index contributed by atoms with van der Waals surface area (Å²) in [6.07, 6.45) is 0. The minimum absolute atomic E-state index is 0.0896. The first kappa shape index (κ1) is 29.6. The van der Waals surface area contributed by atoms with Gasteiger partial charge in [0.25, 0.3) is 5.78 Å². The Bertz CT molecular complexity index is 1850. The van der Waals surface area contributed by atoms with Crippen LogP contribution in [0.1, 0.15) is 28.3 Å². The van der Waals surface area contributed by atoms with Crippen LogP contribution in [0.5, 0.6) is 5.75 Å². The molecule has 2 heterocycles. The average Bonchev–Trinajstić information content (AvgIpc) is 3.62. The number of halogens is 2. The summed E-state index contributed by atoms with van der Waals surface area (Å²) >= 11 is 8.57. The average molecular weight is 644 g/mol. The summed E-state index contributed by atoms with van der Waals surface area (Å²) in [6.45, 7) is 0.320. The van der Waals surface area contributed by atoms with Crippen molar-refractivity contribution in [2.75, 3.05) is 4.90 Å². The van der Waals surface area contributed by atoms with Crippen LogP contribution >= 0.6 is 34.7 Å². The minimum Gasteiger partial charge on any atom is -0.507 e. The standard InChI is InChI=1S/C33H23ClFN3O4S2/c34-24-13-11-22(12-14-24)29(39)27-28(23-7-4-8-26(17-23)42-18-20-5-2-1-3-6-20)38(31(41)30(27)40)32-36-37-33(44-32)43-19-21-9-15-25(35)16-10-21/h1-17,28,39H,18-19H2/b29-27+. The van der Waals surface area contributed by atoms with Crippen molar-refractivity contribution in [1.29, 1.82) is 0 Å². The van der Waals surface area contributed by atoms with Crippen molar-refractivity contribution >= 4 is 57.3 Å². The predicted octanol–water partition coefficient (Wildman–Crippen LogP) is 7.83. The zero-order valence-electron chi connectivity index (χ0n) is 22.9. The number of ether oxygens (including phenoxy) is 1. The Morgan fingerprint density at radius 2 is 1.68 bits per heavy atom. The fraction of sp³-hybridized carbons (Fsp3) is 0.0909. The van der Waals surface area contributed by atoms with Crippen molar-refractivity contribution < 1.29 is 23.8 Å². The molecule has 0 spiro atoms. The molecule has 1 amide bonds. The van der Waals surface area contributed by atoms with E-state index in [1.165, 1.54) is 28.8 Å². The van der Waals surface area contributed by atoms with Crippen LogP contribution < -0.4 is 9.64 Å². The molecule has 44 heavy (non-hydrogen) atoms. The summed E-state index contributed by atoms with van der Waals surface area (Å²) in [5, 5.41) is 20.5. The maximum absolute atomic E-state index is 13.6. The lowest BCUT2D eigenvalue weighted by Crippen LogP contribution is -2.29. The molecule has 11 heteroatoms. The number of rotatable bonds is 9. The van der Waals surface area contributed by atoms with E-state index in [2.05, 4.69) is 10.2 Å². The molecule has 1 aliphatic heterocycles. The molecule has 1 aliphatic rings. The maximum Gasteiger partial charge on any atom is 0.301 e. The van der Waals surface area contributed by atoms with E-state index in [4.69, 9.17) is 16.3 Å². The van der Waals surface area contributed by atoms with E-state index in [9.17, 15) is 19.1 Å². The van der Waals surface area contributed by atoms with Crippen molar-refractivity contribution in [3.63, 3.8) is 0 Å². The number of Topliss-reactive ketones (excluding diaryl/α,β-unsaturated/α-hetero) is 1. The molecule has 1 aromatic heterocycles. The van der Waals surface area contributed by atoms with Crippen molar-refractivity contribution in [1.82, 2.24) is 10.2 Å². The molecular formula is C33H23ClFN3O4S2. The summed E-state index contributed by atoms with van der Waals surface area (Å²) in [5.41, 5.74) is 2.66. The number of aromatic nitrogens is 2. The Morgan fingerprint density at radius 1 is 0.932 bits per heavy atom. The molecule has 1 fully saturated rings. The number of aliphatic hydroxyl groups excluding tert-OH is 1. The SMILES string of the molecule is O=C1C(=O)N(c2nnc(SCc3ccc(F)cc3)s2)C(c2cccc(OCc3ccccc3)c2)/C1=C(\O)c1ccc(Cl)cc1. The third-order valence-electron chi connectivity index (χ3n) is 6.86. The van der Waals surface area contributed by atoms with Gasteiger partial charge in [-0.2, -0.15) is 0 Å². The molecule has 5 aromatic rings. The van der Waals surface area contributed by atoms with Crippen LogP contribution in [-0.2, 0) is 21.9 Å². The quantitative estimate of drug-likeness (QED) is 0.0575. The summed E-state index contributed by atoms with van der Waals surface area (Å²) in [4.78, 5) is 28.4. The van der Waals surface area contributed by atoms with Gasteiger partial charge in [0.2, 0.25) is 5.13 Å². The van der Waals surface area contributed by atoms with E-state index >= 15 is 0 Å². The van der Waals surface area contributed by atoms with Crippen LogP contribution in [0.15, 0.2) is 113 Å². The highest BCUT2D eigenvalue weighted by atomic mass is 35.5. The van der Waals surface area contributed by atoms with E-state index < -0.39 is 17.7 Å². The second-order valence-electron chi connectivity index (χ2n) is 9.79. The Balaban J connectivity index is 1.36. The van der Waals surface area contributed by atoms with Crippen LogP contribution in [0.2, 0.25) is 5.02 Å². The van der Waals surface area contributed by atoms with Gasteiger partial charge in [0.05, 0.1) is 11.6 Å². The Labute approximate surface area is 265 Å². The molecular weight excluding hydrogens is 621 g/mol. The summed E-state index contributed by atoms with van der Waals surface area (Å²) < 4.78 is 19.9. The van der Waals surface area contributed by atoms with Gasteiger partial charge in [0.15, 0.2) is 4.34 Å². The van der Waals surface area contributed by atoms with E-state index in [1.54, 1.807) is 60.7 Å². The Hall–Kier alpha value is -4.51. The van der Waals surface area contributed by atoms with E-state index in [-0.39, 0.29) is 22.3 Å². The van der Waals surface area contributed by atoms with Crippen molar-refractivity contribution in [3.8, 4) is 5.75 Å². The number of ketones is 1. The van der Waals surface area contributed by atoms with Gasteiger partial charge in [-0.05, 0) is 65.2 Å². The second-order valence-corrected chi connectivity index (χ2v) is 12.4. The molecule has 1 saturated heterocycles. The third kappa shape index (κ3) is 6.37. The second kappa shape index (κ2) is 13.0. The molecule has 1 atom stereocenters. The van der Waals surface area contributed by atoms with Crippen LogP contribution in [0.4, 0.5) is 9.52 Å². The minimum atomic E-state index is -1.01. The van der Waals surface area contributed by atoms with Gasteiger partial charge >= 0.3 is 5.91 Å². The monoisotopic (exact) mass is 643 g/mol. The smallest absolute Gasteiger partial charge is 0.301 e.